The largest absolute Gasteiger partial charge is 0.378 e. The molecule has 0 bridgehead atoms. The minimum Gasteiger partial charge on any atom is -0.378 e. The Hall–Kier alpha value is -1.50. The summed E-state index contributed by atoms with van der Waals surface area (Å²) in [5.74, 6) is 6.12. The van der Waals surface area contributed by atoms with Crippen molar-refractivity contribution >= 4 is 23.0 Å². The Labute approximate surface area is 198 Å². The number of nitrogens with zero attached hydrogens (tertiary/aromatic N) is 3. The molecule has 1 aromatic carbocycles. The fourth-order valence-electron chi connectivity index (χ4n) is 4.52. The van der Waals surface area contributed by atoms with E-state index >= 15 is 0 Å². The van der Waals surface area contributed by atoms with Gasteiger partial charge in [-0.3, -0.25) is 4.99 Å². The Morgan fingerprint density at radius 3 is 2.72 bits per heavy atom. The molecule has 1 saturated heterocycles. The zero-order valence-electron chi connectivity index (χ0n) is 20.0. The zero-order valence-corrected chi connectivity index (χ0v) is 20.7. The van der Waals surface area contributed by atoms with Gasteiger partial charge >= 0.3 is 0 Å². The Morgan fingerprint density at radius 1 is 1.25 bits per heavy atom. The van der Waals surface area contributed by atoms with Crippen LogP contribution in [0.15, 0.2) is 28.3 Å². The second-order valence-electron chi connectivity index (χ2n) is 8.79. The van der Waals surface area contributed by atoms with Crippen molar-refractivity contribution in [2.24, 2.45) is 21.9 Å². The third kappa shape index (κ3) is 8.45. The van der Waals surface area contributed by atoms with E-state index in [0.29, 0.717) is 17.0 Å². The maximum Gasteiger partial charge on any atom is 0.124 e. The molecular formula is C25H40ClFN4O. The number of unbranched alkanes of at least 4 members (excludes halogenated alkanes) is 2. The molecule has 1 aliphatic heterocycles. The third-order valence-corrected chi connectivity index (χ3v) is 6.53. The Morgan fingerprint density at radius 2 is 2.06 bits per heavy atom. The average Bonchev–Trinajstić information content (AvgIpc) is 3.21. The lowest BCUT2D eigenvalue weighted by Crippen LogP contribution is -2.27. The van der Waals surface area contributed by atoms with Gasteiger partial charge < -0.3 is 15.5 Å². The summed E-state index contributed by atoms with van der Waals surface area (Å²) < 4.78 is 18.8. The fraction of sp³-hybridized carbons (Fsp3) is 0.680. The van der Waals surface area contributed by atoms with Crippen LogP contribution in [0, 0.1) is 11.7 Å². The highest BCUT2D eigenvalue weighted by atomic mass is 35.5. The van der Waals surface area contributed by atoms with Crippen LogP contribution >= 0.6 is 11.6 Å². The van der Waals surface area contributed by atoms with Crippen molar-refractivity contribution in [3.8, 4) is 0 Å². The molecule has 0 saturated carbocycles. The zero-order chi connectivity index (χ0) is 23.3. The highest BCUT2D eigenvalue weighted by molar-refractivity contribution is 6.51. The lowest BCUT2D eigenvalue weighted by molar-refractivity contribution is 0.246. The molecule has 1 aliphatic rings. The lowest BCUT2D eigenvalue weighted by Gasteiger charge is -2.21. The van der Waals surface area contributed by atoms with Crippen LogP contribution in [0.3, 0.4) is 0 Å². The summed E-state index contributed by atoms with van der Waals surface area (Å²) in [5.41, 5.74) is 1.67. The van der Waals surface area contributed by atoms with Crippen LogP contribution in [0.5, 0.6) is 0 Å². The molecule has 0 radical (unpaired) electrons. The van der Waals surface area contributed by atoms with Gasteiger partial charge in [0, 0.05) is 25.8 Å². The molecule has 1 aromatic rings. The van der Waals surface area contributed by atoms with Crippen molar-refractivity contribution in [3.63, 3.8) is 0 Å². The smallest absolute Gasteiger partial charge is 0.124 e. The molecule has 32 heavy (non-hydrogen) atoms. The number of ether oxygens (including phenoxy) is 1. The maximum atomic E-state index is 13.5. The summed E-state index contributed by atoms with van der Waals surface area (Å²) in [4.78, 5) is 7.46. The van der Waals surface area contributed by atoms with E-state index in [1.165, 1.54) is 57.1 Å². The van der Waals surface area contributed by atoms with E-state index in [1.54, 1.807) is 13.2 Å². The number of hydrogen-bond donors (Lipinski definition) is 1. The molecule has 0 aliphatic carbocycles. The molecule has 0 spiro atoms. The molecule has 7 heteroatoms. The number of methoxy groups -OCH3 is 1. The van der Waals surface area contributed by atoms with Crippen molar-refractivity contribution in [3.05, 3.63) is 34.6 Å². The van der Waals surface area contributed by atoms with Gasteiger partial charge in [-0.15, -0.1) is 0 Å². The fourth-order valence-corrected chi connectivity index (χ4v) is 4.77. The van der Waals surface area contributed by atoms with Crippen molar-refractivity contribution in [1.29, 1.82) is 0 Å². The van der Waals surface area contributed by atoms with E-state index < -0.39 is 5.82 Å². The van der Waals surface area contributed by atoms with Crippen LogP contribution in [0.4, 0.5) is 4.39 Å². The van der Waals surface area contributed by atoms with Crippen LogP contribution in [0.1, 0.15) is 70.8 Å². The standard InChI is InChI=1S/C25H40ClFN4O/c1-4-6-7-9-19(8-5-2)12-14-31-15-13-21(17-31)29-24(18-32-3)25(30-28)22-11-10-20(27)16-23(22)26/h10-11,16,19,21H,4-9,12-15,17-18,28H2,1-3H3. The molecule has 2 N–H and O–H groups in total. The van der Waals surface area contributed by atoms with Crippen molar-refractivity contribution in [1.82, 2.24) is 4.90 Å². The van der Waals surface area contributed by atoms with Crippen LogP contribution in [-0.2, 0) is 4.74 Å². The van der Waals surface area contributed by atoms with Gasteiger partial charge in [0.2, 0.25) is 0 Å². The Balaban J connectivity index is 2.01. The van der Waals surface area contributed by atoms with Gasteiger partial charge in [0.05, 0.1) is 23.4 Å². The summed E-state index contributed by atoms with van der Waals surface area (Å²) in [6.07, 6.45) is 10.2. The van der Waals surface area contributed by atoms with E-state index in [9.17, 15) is 4.39 Å². The minimum atomic E-state index is -0.400. The van der Waals surface area contributed by atoms with Gasteiger partial charge in [0.15, 0.2) is 0 Å². The first-order chi connectivity index (χ1) is 15.5. The molecule has 1 heterocycles. The number of hydrazone groups is 1. The predicted molar refractivity (Wildman–Crippen MR) is 133 cm³/mol. The first-order valence-electron chi connectivity index (χ1n) is 12.0. The summed E-state index contributed by atoms with van der Waals surface area (Å²) in [5, 5.41) is 4.19. The average molecular weight is 467 g/mol. The number of halogens is 2. The van der Waals surface area contributed by atoms with Crippen molar-refractivity contribution < 1.29 is 9.13 Å². The van der Waals surface area contributed by atoms with Gasteiger partial charge in [0.25, 0.3) is 0 Å². The molecule has 0 aromatic heterocycles. The van der Waals surface area contributed by atoms with Gasteiger partial charge in [-0.2, -0.15) is 5.10 Å². The monoisotopic (exact) mass is 466 g/mol. The number of likely N-dealkylation sites (tertiary alicyclic amines) is 1. The summed E-state index contributed by atoms with van der Waals surface area (Å²) in [6, 6.07) is 4.36. The van der Waals surface area contributed by atoms with E-state index in [4.69, 9.17) is 27.2 Å². The highest BCUT2D eigenvalue weighted by Gasteiger charge is 2.25. The Kier molecular flexibility index (Phi) is 12.2. The first kappa shape index (κ1) is 26.7. The van der Waals surface area contributed by atoms with E-state index in [0.717, 1.165) is 32.0 Å². The predicted octanol–water partition coefficient (Wildman–Crippen LogP) is 5.69. The van der Waals surface area contributed by atoms with Gasteiger partial charge in [0.1, 0.15) is 11.5 Å². The van der Waals surface area contributed by atoms with Gasteiger partial charge in [-0.25, -0.2) is 4.39 Å². The lowest BCUT2D eigenvalue weighted by atomic mass is 9.93. The number of nitrogens with two attached hydrogens (primary N) is 1. The summed E-state index contributed by atoms with van der Waals surface area (Å²) in [7, 11) is 1.61. The number of rotatable bonds is 14. The summed E-state index contributed by atoms with van der Waals surface area (Å²) in [6.45, 7) is 7.93. The second kappa shape index (κ2) is 14.6. The van der Waals surface area contributed by atoms with Crippen molar-refractivity contribution in [2.45, 2.75) is 71.3 Å². The van der Waals surface area contributed by atoms with Gasteiger partial charge in [-0.05, 0) is 43.5 Å². The number of hydrogen-bond acceptors (Lipinski definition) is 5. The quantitative estimate of drug-likeness (QED) is 0.166. The van der Waals surface area contributed by atoms with Crippen LogP contribution in [0.2, 0.25) is 5.02 Å². The summed E-state index contributed by atoms with van der Waals surface area (Å²) >= 11 is 6.25. The molecule has 2 unspecified atom stereocenters. The molecule has 1 fully saturated rings. The molecule has 2 atom stereocenters. The van der Waals surface area contributed by atoms with Crippen molar-refractivity contribution in [2.75, 3.05) is 33.4 Å². The highest BCUT2D eigenvalue weighted by Crippen LogP contribution is 2.23. The van der Waals surface area contributed by atoms with Gasteiger partial charge in [-0.1, -0.05) is 64.0 Å². The van der Waals surface area contributed by atoms with Crippen LogP contribution < -0.4 is 5.84 Å². The SMILES string of the molecule is CCCCCC(CCC)CCN1CCC(N=C(COC)C(=NN)c2ccc(F)cc2Cl)C1. The molecule has 5 nitrogen and oxygen atoms in total. The topological polar surface area (TPSA) is 63.2 Å². The van der Waals surface area contributed by atoms with Crippen LogP contribution in [-0.4, -0.2) is 55.7 Å². The number of benzene rings is 1. The second-order valence-corrected chi connectivity index (χ2v) is 9.20. The number of aliphatic imine (C=N–C) groups is 1. The Bertz CT molecular complexity index is 755. The maximum absolute atomic E-state index is 13.5. The van der Waals surface area contributed by atoms with E-state index in [1.807, 2.05) is 0 Å². The van der Waals surface area contributed by atoms with E-state index in [-0.39, 0.29) is 17.7 Å². The van der Waals surface area contributed by atoms with Crippen LogP contribution in [0.25, 0.3) is 0 Å². The molecular weight excluding hydrogens is 427 g/mol. The minimum absolute atomic E-state index is 0.167. The normalized spacial score (nSPS) is 19.0. The third-order valence-electron chi connectivity index (χ3n) is 6.22. The first-order valence-corrected chi connectivity index (χ1v) is 12.4. The van der Waals surface area contributed by atoms with E-state index in [2.05, 4.69) is 23.8 Å². The molecule has 0 amide bonds. The molecule has 2 rings (SSSR count). The molecule has 180 valence electrons.